The summed E-state index contributed by atoms with van der Waals surface area (Å²) in [6.45, 7) is 6.79. The number of hydrogen-bond donors (Lipinski definition) is 3. The standard InChI is InChI=1S/C24H25N3O3/c1-24(2,3)15-8-10-16(11-9-15)25-23(30)27-13-12-18-17-6-4-5-7-20(17)26-21(18)19(14-27)22(28)29/h4-11,14,26H,12-13H2,1-3H3,(H,25,30)(H,28,29). The molecule has 2 amide bonds. The maximum atomic E-state index is 12.9. The van der Waals surface area contributed by atoms with Crippen molar-refractivity contribution in [2.24, 2.45) is 0 Å². The van der Waals surface area contributed by atoms with Crippen LogP contribution in [0.1, 0.15) is 37.6 Å². The van der Waals surface area contributed by atoms with Gasteiger partial charge in [-0.2, -0.15) is 0 Å². The predicted octanol–water partition coefficient (Wildman–Crippen LogP) is 4.98. The topological polar surface area (TPSA) is 85.4 Å². The third-order valence-corrected chi connectivity index (χ3v) is 5.46. The summed E-state index contributed by atoms with van der Waals surface area (Å²) in [4.78, 5) is 29.5. The fourth-order valence-electron chi connectivity index (χ4n) is 3.78. The highest BCUT2D eigenvalue weighted by molar-refractivity contribution is 6.17. The number of rotatable bonds is 2. The van der Waals surface area contributed by atoms with E-state index in [9.17, 15) is 14.7 Å². The number of anilines is 1. The fraction of sp³-hybridized carbons (Fsp3) is 0.250. The van der Waals surface area contributed by atoms with Gasteiger partial charge in [0.15, 0.2) is 0 Å². The average Bonchev–Trinajstić information content (AvgIpc) is 2.94. The Balaban J connectivity index is 1.61. The molecule has 3 aromatic rings. The zero-order valence-electron chi connectivity index (χ0n) is 17.3. The van der Waals surface area contributed by atoms with Crippen LogP contribution in [0.2, 0.25) is 0 Å². The molecule has 0 atom stereocenters. The lowest BCUT2D eigenvalue weighted by Crippen LogP contribution is -2.32. The number of aromatic nitrogens is 1. The first-order chi connectivity index (χ1) is 14.2. The number of carboxylic acids is 1. The van der Waals surface area contributed by atoms with Crippen molar-refractivity contribution in [2.75, 3.05) is 11.9 Å². The highest BCUT2D eigenvalue weighted by Gasteiger charge is 2.26. The number of nitrogens with one attached hydrogen (secondary N) is 2. The van der Waals surface area contributed by atoms with E-state index >= 15 is 0 Å². The second-order valence-electron chi connectivity index (χ2n) is 8.57. The smallest absolute Gasteiger partial charge is 0.339 e. The second-order valence-corrected chi connectivity index (χ2v) is 8.57. The van der Waals surface area contributed by atoms with Crippen LogP contribution in [0, 0.1) is 0 Å². The summed E-state index contributed by atoms with van der Waals surface area (Å²) in [7, 11) is 0. The van der Waals surface area contributed by atoms with Crippen LogP contribution >= 0.6 is 0 Å². The Morgan fingerprint density at radius 2 is 1.77 bits per heavy atom. The highest BCUT2D eigenvalue weighted by atomic mass is 16.4. The van der Waals surface area contributed by atoms with Crippen LogP contribution in [0.15, 0.2) is 54.7 Å². The van der Waals surface area contributed by atoms with Crippen molar-refractivity contribution in [3.63, 3.8) is 0 Å². The van der Waals surface area contributed by atoms with E-state index in [0.29, 0.717) is 24.3 Å². The number of H-pyrrole nitrogens is 1. The van der Waals surface area contributed by atoms with Crippen LogP contribution in [0.4, 0.5) is 10.5 Å². The molecule has 0 spiro atoms. The lowest BCUT2D eigenvalue weighted by Gasteiger charge is -2.21. The molecule has 1 aliphatic heterocycles. The lowest BCUT2D eigenvalue weighted by molar-refractivity contribution is -0.130. The number of fused-ring (bicyclic) bond motifs is 3. The van der Waals surface area contributed by atoms with Gasteiger partial charge in [-0.1, -0.05) is 51.1 Å². The summed E-state index contributed by atoms with van der Waals surface area (Å²) < 4.78 is 0. The van der Waals surface area contributed by atoms with Gasteiger partial charge in [0.2, 0.25) is 0 Å². The average molecular weight is 403 g/mol. The van der Waals surface area contributed by atoms with Crippen molar-refractivity contribution in [3.05, 3.63) is 71.6 Å². The monoisotopic (exact) mass is 403 g/mol. The molecule has 3 N–H and O–H groups in total. The summed E-state index contributed by atoms with van der Waals surface area (Å²) in [5.41, 5.74) is 4.34. The first-order valence-electron chi connectivity index (χ1n) is 9.97. The van der Waals surface area contributed by atoms with Gasteiger partial charge in [0.25, 0.3) is 0 Å². The zero-order chi connectivity index (χ0) is 21.5. The molecular formula is C24H25N3O3. The summed E-state index contributed by atoms with van der Waals surface area (Å²) in [5, 5.41) is 13.6. The molecule has 0 saturated carbocycles. The lowest BCUT2D eigenvalue weighted by atomic mass is 9.87. The summed E-state index contributed by atoms with van der Waals surface area (Å²) in [6, 6.07) is 15.1. The highest BCUT2D eigenvalue weighted by Crippen LogP contribution is 2.31. The normalized spacial score (nSPS) is 14.1. The van der Waals surface area contributed by atoms with Gasteiger partial charge in [-0.25, -0.2) is 9.59 Å². The van der Waals surface area contributed by atoms with Gasteiger partial charge in [0.1, 0.15) is 0 Å². The van der Waals surface area contributed by atoms with Crippen LogP contribution in [-0.2, 0) is 16.6 Å². The number of amides is 2. The summed E-state index contributed by atoms with van der Waals surface area (Å²) >= 11 is 0. The number of aliphatic carboxylic acids is 1. The van der Waals surface area contributed by atoms with Gasteiger partial charge in [-0.3, -0.25) is 4.90 Å². The molecule has 154 valence electrons. The van der Waals surface area contributed by atoms with Gasteiger partial charge in [-0.05, 0) is 41.2 Å². The molecule has 30 heavy (non-hydrogen) atoms. The molecule has 1 aliphatic rings. The minimum absolute atomic E-state index is 0.0297. The molecule has 2 heterocycles. The number of carbonyl (C=O) groups excluding carboxylic acids is 1. The van der Waals surface area contributed by atoms with Gasteiger partial charge in [0, 0.05) is 29.3 Å². The molecule has 0 saturated heterocycles. The molecule has 0 unspecified atom stereocenters. The maximum absolute atomic E-state index is 12.9. The van der Waals surface area contributed by atoms with Crippen molar-refractivity contribution < 1.29 is 14.7 Å². The first kappa shape index (κ1) is 19.8. The van der Waals surface area contributed by atoms with Crippen LogP contribution in [0.5, 0.6) is 0 Å². The molecule has 0 aliphatic carbocycles. The Morgan fingerprint density at radius 1 is 1.07 bits per heavy atom. The third kappa shape index (κ3) is 3.68. The molecule has 0 bridgehead atoms. The van der Waals surface area contributed by atoms with Gasteiger partial charge in [-0.15, -0.1) is 0 Å². The molecule has 4 rings (SSSR count). The minimum Gasteiger partial charge on any atom is -0.478 e. The van der Waals surface area contributed by atoms with Gasteiger partial charge >= 0.3 is 12.0 Å². The molecule has 1 aromatic heterocycles. The number of benzene rings is 2. The van der Waals surface area contributed by atoms with Gasteiger partial charge in [0.05, 0.1) is 11.3 Å². The zero-order valence-corrected chi connectivity index (χ0v) is 17.3. The van der Waals surface area contributed by atoms with E-state index in [2.05, 4.69) is 31.1 Å². The minimum atomic E-state index is -1.07. The predicted molar refractivity (Wildman–Crippen MR) is 118 cm³/mol. The maximum Gasteiger partial charge on any atom is 0.339 e. The van der Waals surface area contributed by atoms with Crippen LogP contribution in [0.25, 0.3) is 16.5 Å². The van der Waals surface area contributed by atoms with Crippen molar-refractivity contribution in [1.82, 2.24) is 9.88 Å². The van der Waals surface area contributed by atoms with Crippen LogP contribution in [0.3, 0.4) is 0 Å². The third-order valence-electron chi connectivity index (χ3n) is 5.46. The molecule has 0 fully saturated rings. The van der Waals surface area contributed by atoms with E-state index in [1.807, 2.05) is 48.5 Å². The van der Waals surface area contributed by atoms with Gasteiger partial charge < -0.3 is 15.4 Å². The van der Waals surface area contributed by atoms with Crippen molar-refractivity contribution in [2.45, 2.75) is 32.6 Å². The first-order valence-corrected chi connectivity index (χ1v) is 9.97. The second kappa shape index (κ2) is 7.37. The summed E-state index contributed by atoms with van der Waals surface area (Å²) in [5.74, 6) is -1.07. The van der Waals surface area contributed by atoms with Crippen molar-refractivity contribution in [1.29, 1.82) is 0 Å². The van der Waals surface area contributed by atoms with E-state index in [0.717, 1.165) is 16.5 Å². The molecule has 6 heteroatoms. The van der Waals surface area contributed by atoms with Crippen LogP contribution in [-0.4, -0.2) is 33.5 Å². The molecule has 2 aromatic carbocycles. The van der Waals surface area contributed by atoms with E-state index in [-0.39, 0.29) is 17.0 Å². The van der Waals surface area contributed by atoms with E-state index in [1.54, 1.807) is 0 Å². The Morgan fingerprint density at radius 3 is 2.43 bits per heavy atom. The molecule has 0 radical (unpaired) electrons. The SMILES string of the molecule is CC(C)(C)c1ccc(NC(=O)N2C=C(C(=O)O)c3[nH]c4ccccc4c3CC2)cc1. The van der Waals surface area contributed by atoms with E-state index in [1.165, 1.54) is 16.7 Å². The van der Waals surface area contributed by atoms with E-state index in [4.69, 9.17) is 0 Å². The number of urea groups is 1. The largest absolute Gasteiger partial charge is 0.478 e. The Kier molecular flexibility index (Phi) is 4.86. The number of carboxylic acid groups (broad SMARTS) is 1. The number of hydrogen-bond acceptors (Lipinski definition) is 2. The molecule has 6 nitrogen and oxygen atoms in total. The van der Waals surface area contributed by atoms with Crippen LogP contribution < -0.4 is 5.32 Å². The number of para-hydroxylation sites is 1. The Labute approximate surface area is 175 Å². The Bertz CT molecular complexity index is 1150. The van der Waals surface area contributed by atoms with Crippen molar-refractivity contribution >= 4 is 34.2 Å². The number of nitrogens with zero attached hydrogens (tertiary/aromatic N) is 1. The number of carbonyl (C=O) groups is 2. The fourth-order valence-corrected chi connectivity index (χ4v) is 3.78. The van der Waals surface area contributed by atoms with Crippen molar-refractivity contribution in [3.8, 4) is 0 Å². The van der Waals surface area contributed by atoms with E-state index < -0.39 is 5.97 Å². The number of aromatic amines is 1. The summed E-state index contributed by atoms with van der Waals surface area (Å²) in [6.07, 6.45) is 1.98. The Hall–Kier alpha value is -3.54. The molecular weight excluding hydrogens is 378 g/mol. The quantitative estimate of drug-likeness (QED) is 0.564.